The van der Waals surface area contributed by atoms with E-state index in [2.05, 4.69) is 0 Å². The molecule has 2 heterocycles. The molecule has 2 amide bonds. The Morgan fingerprint density at radius 3 is 2.67 bits per heavy atom. The number of amides is 2. The van der Waals surface area contributed by atoms with E-state index < -0.39 is 0 Å². The Morgan fingerprint density at radius 1 is 1.25 bits per heavy atom. The quantitative estimate of drug-likeness (QED) is 0.745. The van der Waals surface area contributed by atoms with Crippen LogP contribution in [-0.4, -0.2) is 64.0 Å². The summed E-state index contributed by atoms with van der Waals surface area (Å²) in [5, 5.41) is -0.386. The molecule has 2 saturated heterocycles. The second-order valence-electron chi connectivity index (χ2n) is 5.80. The summed E-state index contributed by atoms with van der Waals surface area (Å²) in [7, 11) is 0. The molecule has 0 bridgehead atoms. The summed E-state index contributed by atoms with van der Waals surface area (Å²) in [6, 6.07) is 10.0. The third-order valence-electron chi connectivity index (χ3n) is 4.20. The molecular formula is C17H20N2O3S2. The monoisotopic (exact) mass is 364 g/mol. The van der Waals surface area contributed by atoms with Gasteiger partial charge in [0.15, 0.2) is 0 Å². The van der Waals surface area contributed by atoms with Crippen LogP contribution < -0.4 is 0 Å². The van der Waals surface area contributed by atoms with Gasteiger partial charge < -0.3 is 9.64 Å². The van der Waals surface area contributed by atoms with Crippen molar-refractivity contribution in [1.82, 2.24) is 9.80 Å². The number of benzene rings is 1. The highest BCUT2D eigenvalue weighted by Crippen LogP contribution is 2.30. The van der Waals surface area contributed by atoms with Gasteiger partial charge in [-0.05, 0) is 12.0 Å². The lowest BCUT2D eigenvalue weighted by Gasteiger charge is -2.27. The highest BCUT2D eigenvalue weighted by atomic mass is 32.2. The zero-order valence-electron chi connectivity index (χ0n) is 13.3. The highest BCUT2D eigenvalue weighted by molar-refractivity contribution is 8.24. The third-order valence-corrected chi connectivity index (χ3v) is 5.78. The lowest BCUT2D eigenvalue weighted by atomic mass is 10.1. The summed E-state index contributed by atoms with van der Waals surface area (Å²) in [6.45, 7) is 2.91. The van der Waals surface area contributed by atoms with E-state index >= 15 is 0 Å². The predicted molar refractivity (Wildman–Crippen MR) is 97.9 cm³/mol. The minimum absolute atomic E-state index is 0.0110. The van der Waals surface area contributed by atoms with Gasteiger partial charge >= 0.3 is 0 Å². The van der Waals surface area contributed by atoms with Gasteiger partial charge in [0.1, 0.15) is 4.32 Å². The number of morpholine rings is 1. The van der Waals surface area contributed by atoms with Crippen molar-refractivity contribution >= 4 is 40.1 Å². The number of hydrogen-bond donors (Lipinski definition) is 0. The normalized spacial score (nSPS) is 21.4. The first-order chi connectivity index (χ1) is 11.6. The molecule has 2 fully saturated rings. The molecule has 1 atom stereocenters. The van der Waals surface area contributed by atoms with Gasteiger partial charge in [-0.15, -0.1) is 0 Å². The fourth-order valence-electron chi connectivity index (χ4n) is 2.82. The van der Waals surface area contributed by atoms with Gasteiger partial charge in [-0.2, -0.15) is 0 Å². The predicted octanol–water partition coefficient (Wildman–Crippen LogP) is 1.71. The molecule has 1 aromatic carbocycles. The minimum atomic E-state index is -0.386. The highest BCUT2D eigenvalue weighted by Gasteiger charge is 2.38. The molecule has 0 saturated carbocycles. The van der Waals surface area contributed by atoms with Crippen LogP contribution in [0.25, 0.3) is 0 Å². The Labute approximate surface area is 151 Å². The van der Waals surface area contributed by atoms with Gasteiger partial charge in [-0.3, -0.25) is 14.5 Å². The standard InChI is InChI=1S/C17H20N2O3S2/c20-15(18-8-10-22-11-9-18)12-14-16(21)19(17(23)24-14)7-6-13-4-2-1-3-5-13/h1-5,14H,6-12H2. The molecule has 7 heteroatoms. The fourth-order valence-corrected chi connectivity index (χ4v) is 4.35. The minimum Gasteiger partial charge on any atom is -0.378 e. The number of hydrogen-bond acceptors (Lipinski definition) is 5. The maximum absolute atomic E-state index is 12.6. The van der Waals surface area contributed by atoms with Crippen molar-refractivity contribution in [2.45, 2.75) is 18.1 Å². The Morgan fingerprint density at radius 2 is 1.96 bits per heavy atom. The summed E-state index contributed by atoms with van der Waals surface area (Å²) in [5.74, 6) is -0.0283. The fraction of sp³-hybridized carbons (Fsp3) is 0.471. The van der Waals surface area contributed by atoms with Crippen molar-refractivity contribution in [3.8, 4) is 0 Å². The molecule has 5 nitrogen and oxygen atoms in total. The first-order valence-electron chi connectivity index (χ1n) is 8.06. The molecule has 0 spiro atoms. The van der Waals surface area contributed by atoms with Crippen LogP contribution in [0.2, 0.25) is 0 Å². The Hall–Kier alpha value is -1.44. The lowest BCUT2D eigenvalue weighted by Crippen LogP contribution is -2.42. The van der Waals surface area contributed by atoms with Crippen LogP contribution in [0.1, 0.15) is 12.0 Å². The number of ether oxygens (including phenoxy) is 1. The summed E-state index contributed by atoms with van der Waals surface area (Å²) in [4.78, 5) is 28.3. The first-order valence-corrected chi connectivity index (χ1v) is 9.35. The maximum Gasteiger partial charge on any atom is 0.242 e. The second kappa shape index (κ2) is 8.09. The molecule has 1 unspecified atom stereocenters. The summed E-state index contributed by atoms with van der Waals surface area (Å²) >= 11 is 6.68. The van der Waals surface area contributed by atoms with E-state index in [0.29, 0.717) is 37.2 Å². The average molecular weight is 364 g/mol. The Kier molecular flexibility index (Phi) is 5.86. The molecule has 1 aromatic rings. The van der Waals surface area contributed by atoms with Crippen LogP contribution in [0.5, 0.6) is 0 Å². The number of nitrogens with zero attached hydrogens (tertiary/aromatic N) is 2. The zero-order valence-corrected chi connectivity index (χ0v) is 15.0. The van der Waals surface area contributed by atoms with Gasteiger partial charge in [0.2, 0.25) is 11.8 Å². The first kappa shape index (κ1) is 17.4. The van der Waals surface area contributed by atoms with E-state index in [-0.39, 0.29) is 23.5 Å². The molecular weight excluding hydrogens is 344 g/mol. The molecule has 0 radical (unpaired) electrons. The van der Waals surface area contributed by atoms with Crippen LogP contribution in [0.3, 0.4) is 0 Å². The number of carbonyl (C=O) groups is 2. The largest absolute Gasteiger partial charge is 0.378 e. The molecule has 0 aliphatic carbocycles. The van der Waals surface area contributed by atoms with Crippen LogP contribution in [0, 0.1) is 0 Å². The molecule has 2 aliphatic heterocycles. The number of thioether (sulfide) groups is 1. The van der Waals surface area contributed by atoms with Gasteiger partial charge in [-0.25, -0.2) is 0 Å². The molecule has 24 heavy (non-hydrogen) atoms. The smallest absolute Gasteiger partial charge is 0.242 e. The van der Waals surface area contributed by atoms with Crippen molar-refractivity contribution in [3.63, 3.8) is 0 Å². The number of rotatable bonds is 5. The van der Waals surface area contributed by atoms with Crippen LogP contribution >= 0.6 is 24.0 Å². The summed E-state index contributed by atoms with van der Waals surface area (Å²) in [5.41, 5.74) is 1.17. The second-order valence-corrected chi connectivity index (χ2v) is 7.63. The van der Waals surface area contributed by atoms with Crippen LogP contribution in [0.15, 0.2) is 30.3 Å². The van der Waals surface area contributed by atoms with Crippen molar-refractivity contribution in [2.75, 3.05) is 32.8 Å². The molecule has 0 N–H and O–H groups in total. The van der Waals surface area contributed by atoms with Crippen LogP contribution in [0.4, 0.5) is 0 Å². The zero-order chi connectivity index (χ0) is 16.9. The van der Waals surface area contributed by atoms with E-state index in [1.54, 1.807) is 9.80 Å². The van der Waals surface area contributed by atoms with Gasteiger partial charge in [0, 0.05) is 26.1 Å². The average Bonchev–Trinajstić information content (AvgIpc) is 2.88. The summed E-state index contributed by atoms with van der Waals surface area (Å²) in [6.07, 6.45) is 0.975. The van der Waals surface area contributed by atoms with E-state index in [0.717, 1.165) is 6.42 Å². The molecule has 2 aliphatic rings. The van der Waals surface area contributed by atoms with Crippen molar-refractivity contribution in [3.05, 3.63) is 35.9 Å². The summed E-state index contributed by atoms with van der Waals surface area (Å²) < 4.78 is 5.83. The van der Waals surface area contributed by atoms with E-state index in [1.165, 1.54) is 17.3 Å². The van der Waals surface area contributed by atoms with Gasteiger partial charge in [0.05, 0.1) is 18.5 Å². The van der Waals surface area contributed by atoms with E-state index in [9.17, 15) is 9.59 Å². The Bertz CT molecular complexity index is 618. The maximum atomic E-state index is 12.6. The van der Waals surface area contributed by atoms with Gasteiger partial charge in [0.25, 0.3) is 0 Å². The molecule has 0 aromatic heterocycles. The number of thiocarbonyl (C=S) groups is 1. The lowest BCUT2D eigenvalue weighted by molar-refractivity contribution is -0.137. The van der Waals surface area contributed by atoms with Crippen molar-refractivity contribution in [1.29, 1.82) is 0 Å². The van der Waals surface area contributed by atoms with Crippen molar-refractivity contribution < 1.29 is 14.3 Å². The van der Waals surface area contributed by atoms with Crippen molar-refractivity contribution in [2.24, 2.45) is 0 Å². The van der Waals surface area contributed by atoms with E-state index in [4.69, 9.17) is 17.0 Å². The molecule has 128 valence electrons. The Balaban J connectivity index is 1.54. The van der Waals surface area contributed by atoms with Gasteiger partial charge in [-0.1, -0.05) is 54.3 Å². The van der Waals surface area contributed by atoms with E-state index in [1.807, 2.05) is 30.3 Å². The molecule has 3 rings (SSSR count). The van der Waals surface area contributed by atoms with Crippen LogP contribution in [-0.2, 0) is 20.7 Å². The number of carbonyl (C=O) groups excluding carboxylic acids is 2. The topological polar surface area (TPSA) is 49.9 Å². The third kappa shape index (κ3) is 4.15. The SMILES string of the molecule is O=C(CC1SC(=S)N(CCc2ccccc2)C1=O)N1CCOCC1.